The van der Waals surface area contributed by atoms with Crippen LogP contribution in [0.25, 0.3) is 0 Å². The van der Waals surface area contributed by atoms with Gasteiger partial charge in [0.1, 0.15) is 11.3 Å². The second-order valence-electron chi connectivity index (χ2n) is 4.75. The average Bonchev–Trinajstić information content (AvgIpc) is 2.40. The molecule has 1 aromatic rings. The van der Waals surface area contributed by atoms with Gasteiger partial charge in [-0.2, -0.15) is 0 Å². The Morgan fingerprint density at radius 3 is 2.45 bits per heavy atom. The fourth-order valence-electron chi connectivity index (χ4n) is 2.05. The first-order chi connectivity index (χ1) is 9.55. The van der Waals surface area contributed by atoms with Crippen molar-refractivity contribution in [3.8, 4) is 5.75 Å². The summed E-state index contributed by atoms with van der Waals surface area (Å²) >= 11 is 1.37. The number of carbonyl (C=O) groups is 2. The van der Waals surface area contributed by atoms with E-state index in [-0.39, 0.29) is 11.7 Å². The van der Waals surface area contributed by atoms with Crippen molar-refractivity contribution in [1.29, 1.82) is 0 Å². The molecule has 0 atom stereocenters. The molecule has 0 heterocycles. The molecule has 0 spiro atoms. The summed E-state index contributed by atoms with van der Waals surface area (Å²) in [4.78, 5) is 23.9. The number of rotatable bonds is 6. The Morgan fingerprint density at radius 1 is 1.35 bits per heavy atom. The van der Waals surface area contributed by atoms with Crippen LogP contribution in [0, 0.1) is 0 Å². The van der Waals surface area contributed by atoms with Crippen LogP contribution in [0.4, 0.5) is 0 Å². The molecule has 1 saturated carbocycles. The number of carbonyl (C=O) groups excluding carboxylic acids is 1. The van der Waals surface area contributed by atoms with Crippen molar-refractivity contribution >= 4 is 23.6 Å². The van der Waals surface area contributed by atoms with Gasteiger partial charge in [0.25, 0.3) is 0 Å². The molecule has 0 bridgehead atoms. The summed E-state index contributed by atoms with van der Waals surface area (Å²) in [5.41, 5.74) is -1.03. The van der Waals surface area contributed by atoms with E-state index in [2.05, 4.69) is 5.32 Å². The zero-order valence-electron chi connectivity index (χ0n) is 11.2. The Hall–Kier alpha value is -1.69. The van der Waals surface area contributed by atoms with Crippen LogP contribution >= 0.6 is 11.8 Å². The third kappa shape index (κ3) is 3.25. The molecule has 108 valence electrons. The Bertz CT molecular complexity index is 496. The van der Waals surface area contributed by atoms with E-state index in [1.54, 1.807) is 7.11 Å². The Balaban J connectivity index is 1.84. The third-order valence-electron chi connectivity index (χ3n) is 3.42. The normalized spacial score (nSPS) is 16.1. The number of ether oxygens (including phenoxy) is 1. The highest BCUT2D eigenvalue weighted by Gasteiger charge is 2.45. The topological polar surface area (TPSA) is 75.6 Å². The third-order valence-corrected chi connectivity index (χ3v) is 4.44. The molecule has 1 fully saturated rings. The lowest BCUT2D eigenvalue weighted by Gasteiger charge is -2.38. The maximum atomic E-state index is 11.8. The minimum absolute atomic E-state index is 0.210. The summed E-state index contributed by atoms with van der Waals surface area (Å²) in [7, 11) is 1.60. The molecule has 6 heteroatoms. The maximum absolute atomic E-state index is 11.8. The van der Waals surface area contributed by atoms with Crippen LogP contribution in [0.1, 0.15) is 19.3 Å². The van der Waals surface area contributed by atoms with Gasteiger partial charge in [-0.3, -0.25) is 4.79 Å². The molecule has 2 rings (SSSR count). The van der Waals surface area contributed by atoms with Gasteiger partial charge in [0.2, 0.25) is 5.91 Å². The summed E-state index contributed by atoms with van der Waals surface area (Å²) in [6.45, 7) is 0. The highest BCUT2D eigenvalue weighted by molar-refractivity contribution is 8.00. The lowest BCUT2D eigenvalue weighted by atomic mass is 9.77. The molecule has 1 aliphatic rings. The van der Waals surface area contributed by atoms with Crippen LogP contribution in [0.3, 0.4) is 0 Å². The van der Waals surface area contributed by atoms with Gasteiger partial charge in [0.15, 0.2) is 0 Å². The monoisotopic (exact) mass is 295 g/mol. The number of aliphatic carboxylic acids is 1. The van der Waals surface area contributed by atoms with E-state index in [4.69, 9.17) is 9.84 Å². The van der Waals surface area contributed by atoms with E-state index in [9.17, 15) is 9.59 Å². The number of benzene rings is 1. The maximum Gasteiger partial charge on any atom is 0.329 e. The predicted molar refractivity (Wildman–Crippen MR) is 76.1 cm³/mol. The van der Waals surface area contributed by atoms with Gasteiger partial charge < -0.3 is 15.2 Å². The van der Waals surface area contributed by atoms with Crippen LogP contribution in [0.2, 0.25) is 0 Å². The number of nitrogens with one attached hydrogen (secondary N) is 1. The van der Waals surface area contributed by atoms with Gasteiger partial charge in [0.05, 0.1) is 12.9 Å². The van der Waals surface area contributed by atoms with Crippen LogP contribution < -0.4 is 10.1 Å². The summed E-state index contributed by atoms with van der Waals surface area (Å²) in [5.74, 6) is -0.209. The second kappa shape index (κ2) is 6.17. The van der Waals surface area contributed by atoms with Crippen LogP contribution in [0.15, 0.2) is 29.2 Å². The zero-order chi connectivity index (χ0) is 14.6. The smallest absolute Gasteiger partial charge is 0.329 e. The number of carboxylic acids is 1. The molecule has 1 aromatic carbocycles. The van der Waals surface area contributed by atoms with Gasteiger partial charge >= 0.3 is 5.97 Å². The van der Waals surface area contributed by atoms with Crippen LogP contribution in [-0.4, -0.2) is 35.4 Å². The Kier molecular flexibility index (Phi) is 4.54. The van der Waals surface area contributed by atoms with Crippen molar-refractivity contribution in [1.82, 2.24) is 5.32 Å². The van der Waals surface area contributed by atoms with Gasteiger partial charge in [-0.05, 0) is 43.5 Å². The first-order valence-electron chi connectivity index (χ1n) is 6.37. The average molecular weight is 295 g/mol. The van der Waals surface area contributed by atoms with Crippen molar-refractivity contribution in [2.24, 2.45) is 0 Å². The van der Waals surface area contributed by atoms with E-state index < -0.39 is 11.5 Å². The molecule has 0 aromatic heterocycles. The molecular weight excluding hydrogens is 278 g/mol. The highest BCUT2D eigenvalue weighted by Crippen LogP contribution is 2.32. The molecule has 0 saturated heterocycles. The standard InChI is InChI=1S/C14H17NO4S/c1-19-10-3-5-11(6-4-10)20-9-12(16)15-14(13(17)18)7-2-8-14/h3-6H,2,7-9H2,1H3,(H,15,16)(H,17,18). The molecule has 1 aliphatic carbocycles. The van der Waals surface area contributed by atoms with Crippen molar-refractivity contribution in [3.63, 3.8) is 0 Å². The number of methoxy groups -OCH3 is 1. The van der Waals surface area contributed by atoms with E-state index in [0.717, 1.165) is 17.1 Å². The van der Waals surface area contributed by atoms with Gasteiger partial charge in [-0.15, -0.1) is 11.8 Å². The fourth-order valence-corrected chi connectivity index (χ4v) is 2.74. The molecule has 5 nitrogen and oxygen atoms in total. The first kappa shape index (κ1) is 14.7. The van der Waals surface area contributed by atoms with Crippen LogP contribution in [0.5, 0.6) is 5.75 Å². The minimum atomic E-state index is -1.03. The van der Waals surface area contributed by atoms with Crippen molar-refractivity contribution in [3.05, 3.63) is 24.3 Å². The number of hydrogen-bond acceptors (Lipinski definition) is 4. The summed E-state index contributed by atoms with van der Waals surface area (Å²) in [6.07, 6.45) is 1.88. The molecule has 2 N–H and O–H groups in total. The molecule has 0 radical (unpaired) electrons. The van der Waals surface area contributed by atoms with Crippen molar-refractivity contribution in [2.45, 2.75) is 29.7 Å². The van der Waals surface area contributed by atoms with Gasteiger partial charge in [-0.1, -0.05) is 0 Å². The molecule has 0 aliphatic heterocycles. The van der Waals surface area contributed by atoms with E-state index in [1.165, 1.54) is 11.8 Å². The van der Waals surface area contributed by atoms with E-state index in [0.29, 0.717) is 12.8 Å². The fraction of sp³-hybridized carbons (Fsp3) is 0.429. The van der Waals surface area contributed by atoms with Crippen LogP contribution in [-0.2, 0) is 9.59 Å². The molecule has 1 amide bonds. The van der Waals surface area contributed by atoms with Crippen molar-refractivity contribution < 1.29 is 19.4 Å². The van der Waals surface area contributed by atoms with Gasteiger partial charge in [0, 0.05) is 4.90 Å². The lowest BCUT2D eigenvalue weighted by Crippen LogP contribution is -2.59. The zero-order valence-corrected chi connectivity index (χ0v) is 12.0. The van der Waals surface area contributed by atoms with Gasteiger partial charge in [-0.25, -0.2) is 4.79 Å². The molecule has 0 unspecified atom stereocenters. The van der Waals surface area contributed by atoms with Crippen molar-refractivity contribution in [2.75, 3.05) is 12.9 Å². The second-order valence-corrected chi connectivity index (χ2v) is 5.80. The first-order valence-corrected chi connectivity index (χ1v) is 7.35. The quantitative estimate of drug-likeness (QED) is 0.784. The molecule has 20 heavy (non-hydrogen) atoms. The lowest BCUT2D eigenvalue weighted by molar-refractivity contribution is -0.151. The highest BCUT2D eigenvalue weighted by atomic mass is 32.2. The Morgan fingerprint density at radius 2 is 2.00 bits per heavy atom. The number of carboxylic acid groups (broad SMARTS) is 1. The summed E-state index contributed by atoms with van der Waals surface area (Å²) < 4.78 is 5.06. The Labute approximate surface area is 121 Å². The molecular formula is C14H17NO4S. The number of thioether (sulfide) groups is 1. The largest absolute Gasteiger partial charge is 0.497 e. The minimum Gasteiger partial charge on any atom is -0.497 e. The summed E-state index contributed by atoms with van der Waals surface area (Å²) in [5, 5.41) is 11.8. The summed E-state index contributed by atoms with van der Waals surface area (Å²) in [6, 6.07) is 7.38. The predicted octanol–water partition coefficient (Wildman–Crippen LogP) is 1.91. The van der Waals surface area contributed by atoms with E-state index in [1.807, 2.05) is 24.3 Å². The number of amides is 1. The SMILES string of the molecule is COc1ccc(SCC(=O)NC2(C(=O)O)CCC2)cc1. The number of hydrogen-bond donors (Lipinski definition) is 2. The van der Waals surface area contributed by atoms with E-state index >= 15 is 0 Å².